The fraction of sp³-hybridized carbons (Fsp3) is 0.611. The van der Waals surface area contributed by atoms with Gasteiger partial charge in [0, 0.05) is 23.6 Å². The first kappa shape index (κ1) is 18.4. The molecule has 2 heterocycles. The molecule has 0 aromatic heterocycles. The SMILES string of the molecule is CC1(C)OB(c2cc(C(=O)NC3CCCNC3)ccc2F)OC1(C)C. The largest absolute Gasteiger partial charge is 0.497 e. The number of amides is 1. The van der Waals surface area contributed by atoms with Crippen LogP contribution in [0.15, 0.2) is 18.2 Å². The number of carbonyl (C=O) groups is 1. The van der Waals surface area contributed by atoms with Crippen LogP contribution in [0.4, 0.5) is 4.39 Å². The molecule has 2 fully saturated rings. The van der Waals surface area contributed by atoms with E-state index in [0.717, 1.165) is 25.9 Å². The van der Waals surface area contributed by atoms with Gasteiger partial charge in [-0.05, 0) is 65.3 Å². The number of hydrogen-bond donors (Lipinski definition) is 2. The minimum atomic E-state index is -0.825. The van der Waals surface area contributed by atoms with E-state index in [1.54, 1.807) is 0 Å². The summed E-state index contributed by atoms with van der Waals surface area (Å²) in [7, 11) is -0.825. The first-order valence-corrected chi connectivity index (χ1v) is 8.86. The fourth-order valence-corrected chi connectivity index (χ4v) is 3.08. The molecule has 1 aromatic rings. The Labute approximate surface area is 148 Å². The second-order valence-electron chi connectivity index (χ2n) is 7.84. The smallest absolute Gasteiger partial charge is 0.399 e. The minimum absolute atomic E-state index is 0.103. The van der Waals surface area contributed by atoms with Crippen LogP contribution in [0.2, 0.25) is 0 Å². The van der Waals surface area contributed by atoms with Crippen molar-refractivity contribution < 1.29 is 18.5 Å². The summed E-state index contributed by atoms with van der Waals surface area (Å²) in [6.07, 6.45) is 1.98. The number of carbonyl (C=O) groups excluding carboxylic acids is 1. The summed E-state index contributed by atoms with van der Waals surface area (Å²) in [5.74, 6) is -0.638. The zero-order valence-corrected chi connectivity index (χ0v) is 15.3. The van der Waals surface area contributed by atoms with Crippen LogP contribution >= 0.6 is 0 Å². The lowest BCUT2D eigenvalue weighted by Crippen LogP contribution is -2.46. The Balaban J connectivity index is 1.78. The van der Waals surface area contributed by atoms with E-state index in [0.29, 0.717) is 5.56 Å². The van der Waals surface area contributed by atoms with Crippen LogP contribution in [0.1, 0.15) is 50.9 Å². The van der Waals surface area contributed by atoms with E-state index in [2.05, 4.69) is 10.6 Å². The number of rotatable bonds is 3. The molecule has 5 nitrogen and oxygen atoms in total. The molecule has 25 heavy (non-hydrogen) atoms. The molecular formula is C18H26BFN2O3. The fourth-order valence-electron chi connectivity index (χ4n) is 3.08. The lowest BCUT2D eigenvalue weighted by molar-refractivity contribution is 0.00578. The Hall–Kier alpha value is -1.44. The van der Waals surface area contributed by atoms with Crippen LogP contribution in [-0.4, -0.2) is 43.4 Å². The van der Waals surface area contributed by atoms with Crippen molar-refractivity contribution in [2.75, 3.05) is 13.1 Å². The quantitative estimate of drug-likeness (QED) is 0.815. The average Bonchev–Trinajstić information content (AvgIpc) is 2.76. The highest BCUT2D eigenvalue weighted by molar-refractivity contribution is 6.62. The lowest BCUT2D eigenvalue weighted by Gasteiger charge is -2.32. The van der Waals surface area contributed by atoms with Gasteiger partial charge in [0.05, 0.1) is 11.2 Å². The van der Waals surface area contributed by atoms with Crippen molar-refractivity contribution in [2.45, 2.75) is 57.8 Å². The van der Waals surface area contributed by atoms with Crippen LogP contribution in [0.5, 0.6) is 0 Å². The van der Waals surface area contributed by atoms with E-state index in [1.165, 1.54) is 18.2 Å². The summed E-state index contributed by atoms with van der Waals surface area (Å²) in [6.45, 7) is 9.40. The highest BCUT2D eigenvalue weighted by atomic mass is 19.1. The zero-order valence-electron chi connectivity index (χ0n) is 15.3. The van der Waals surface area contributed by atoms with Crippen molar-refractivity contribution in [1.29, 1.82) is 0 Å². The molecule has 3 rings (SSSR count). The molecule has 2 N–H and O–H groups in total. The van der Waals surface area contributed by atoms with Gasteiger partial charge in [0.15, 0.2) is 0 Å². The van der Waals surface area contributed by atoms with Crippen LogP contribution in [0, 0.1) is 5.82 Å². The summed E-state index contributed by atoms with van der Waals surface area (Å²) < 4.78 is 26.2. The third-order valence-electron chi connectivity index (χ3n) is 5.40. The molecule has 0 bridgehead atoms. The molecule has 1 amide bonds. The van der Waals surface area contributed by atoms with Gasteiger partial charge in [0.1, 0.15) is 5.82 Å². The molecule has 136 valence electrons. The van der Waals surface area contributed by atoms with E-state index in [4.69, 9.17) is 9.31 Å². The van der Waals surface area contributed by atoms with Gasteiger partial charge in [-0.15, -0.1) is 0 Å². The van der Waals surface area contributed by atoms with Crippen molar-refractivity contribution in [2.24, 2.45) is 0 Å². The maximum Gasteiger partial charge on any atom is 0.497 e. The summed E-state index contributed by atoms with van der Waals surface area (Å²) in [6, 6.07) is 4.43. The maximum absolute atomic E-state index is 14.3. The molecule has 2 saturated heterocycles. The topological polar surface area (TPSA) is 59.6 Å². The normalized spacial score (nSPS) is 25.0. The standard InChI is InChI=1S/C18H26BFN2O3/c1-17(2)18(3,4)25-19(24-17)14-10-12(7-8-15(14)20)16(23)22-13-6-5-9-21-11-13/h7-8,10,13,21H,5-6,9,11H2,1-4H3,(H,22,23). The summed E-state index contributed by atoms with van der Waals surface area (Å²) in [5, 5.41) is 6.26. The van der Waals surface area contributed by atoms with Gasteiger partial charge in [-0.1, -0.05) is 0 Å². The number of hydrogen-bond acceptors (Lipinski definition) is 4. The maximum atomic E-state index is 14.3. The van der Waals surface area contributed by atoms with Crippen molar-refractivity contribution in [3.05, 3.63) is 29.6 Å². The molecule has 1 aromatic carbocycles. The number of halogens is 1. The molecule has 1 unspecified atom stereocenters. The van der Waals surface area contributed by atoms with Crippen molar-refractivity contribution in [3.8, 4) is 0 Å². The number of benzene rings is 1. The van der Waals surface area contributed by atoms with Gasteiger partial charge in [0.2, 0.25) is 0 Å². The second-order valence-corrected chi connectivity index (χ2v) is 7.84. The van der Waals surface area contributed by atoms with Crippen molar-refractivity contribution >= 4 is 18.5 Å². The van der Waals surface area contributed by atoms with E-state index in [1.807, 2.05) is 27.7 Å². The van der Waals surface area contributed by atoms with E-state index in [9.17, 15) is 9.18 Å². The molecule has 2 aliphatic rings. The van der Waals surface area contributed by atoms with Gasteiger partial charge < -0.3 is 19.9 Å². The predicted octanol–water partition coefficient (Wildman–Crippen LogP) is 1.61. The van der Waals surface area contributed by atoms with Gasteiger partial charge >= 0.3 is 7.12 Å². The van der Waals surface area contributed by atoms with E-state index >= 15 is 0 Å². The summed E-state index contributed by atoms with van der Waals surface area (Å²) >= 11 is 0. The lowest BCUT2D eigenvalue weighted by atomic mass is 9.78. The Kier molecular flexibility index (Phi) is 4.92. The first-order valence-electron chi connectivity index (χ1n) is 8.86. The summed E-state index contributed by atoms with van der Waals surface area (Å²) in [5.41, 5.74) is -0.448. The van der Waals surface area contributed by atoms with Crippen LogP contribution in [0.3, 0.4) is 0 Å². The monoisotopic (exact) mass is 348 g/mol. The third-order valence-corrected chi connectivity index (χ3v) is 5.40. The van der Waals surface area contributed by atoms with Gasteiger partial charge in [-0.2, -0.15) is 0 Å². The zero-order chi connectivity index (χ0) is 18.2. The van der Waals surface area contributed by atoms with Gasteiger partial charge in [-0.3, -0.25) is 4.79 Å². The molecule has 0 spiro atoms. The van der Waals surface area contributed by atoms with Gasteiger partial charge in [0.25, 0.3) is 5.91 Å². The minimum Gasteiger partial charge on any atom is -0.399 e. The molecule has 1 atom stereocenters. The Morgan fingerprint density at radius 1 is 1.28 bits per heavy atom. The van der Waals surface area contributed by atoms with Crippen LogP contribution < -0.4 is 16.1 Å². The Bertz CT molecular complexity index is 644. The van der Waals surface area contributed by atoms with Crippen LogP contribution in [-0.2, 0) is 9.31 Å². The van der Waals surface area contributed by atoms with E-state index in [-0.39, 0.29) is 17.4 Å². The average molecular weight is 348 g/mol. The molecule has 7 heteroatoms. The van der Waals surface area contributed by atoms with Gasteiger partial charge in [-0.25, -0.2) is 4.39 Å². The number of nitrogens with one attached hydrogen (secondary N) is 2. The summed E-state index contributed by atoms with van der Waals surface area (Å²) in [4.78, 5) is 12.5. The first-order chi connectivity index (χ1) is 11.7. The van der Waals surface area contributed by atoms with Crippen LogP contribution in [0.25, 0.3) is 0 Å². The predicted molar refractivity (Wildman–Crippen MR) is 95.5 cm³/mol. The molecular weight excluding hydrogens is 322 g/mol. The highest BCUT2D eigenvalue weighted by Crippen LogP contribution is 2.36. The molecule has 0 saturated carbocycles. The molecule has 2 aliphatic heterocycles. The van der Waals surface area contributed by atoms with E-state index < -0.39 is 24.1 Å². The Morgan fingerprint density at radius 2 is 1.96 bits per heavy atom. The highest BCUT2D eigenvalue weighted by Gasteiger charge is 2.52. The molecule has 0 radical (unpaired) electrons. The second kappa shape index (κ2) is 6.70. The van der Waals surface area contributed by atoms with Crippen molar-refractivity contribution in [3.63, 3.8) is 0 Å². The number of piperidine rings is 1. The third kappa shape index (κ3) is 3.73. The Morgan fingerprint density at radius 3 is 2.56 bits per heavy atom. The van der Waals surface area contributed by atoms with Crippen molar-refractivity contribution in [1.82, 2.24) is 10.6 Å². The molecule has 0 aliphatic carbocycles.